The van der Waals surface area contributed by atoms with E-state index < -0.39 is 0 Å². The minimum atomic E-state index is 0.427. The van der Waals surface area contributed by atoms with Crippen molar-refractivity contribution in [3.05, 3.63) is 78.5 Å². The van der Waals surface area contributed by atoms with Gasteiger partial charge in [-0.05, 0) is 18.2 Å². The van der Waals surface area contributed by atoms with Crippen molar-refractivity contribution in [2.24, 2.45) is 0 Å². The van der Waals surface area contributed by atoms with Crippen molar-refractivity contribution in [1.82, 2.24) is 14.6 Å². The van der Waals surface area contributed by atoms with E-state index in [2.05, 4.69) is 21.5 Å². The third-order valence-corrected chi connectivity index (χ3v) is 3.74. The maximum absolute atomic E-state index is 9.56. The number of para-hydroxylation sites is 1. The average molecular weight is 311 g/mol. The number of hydrogen-bond acceptors (Lipinski definition) is 4. The second kappa shape index (κ2) is 5.86. The van der Waals surface area contributed by atoms with Crippen LogP contribution in [0, 0.1) is 11.3 Å². The molecule has 2 aromatic carbocycles. The van der Waals surface area contributed by atoms with Gasteiger partial charge in [0.15, 0.2) is 11.5 Å². The SMILES string of the molecule is N#Cc1c(Nc2ccccc2)nn2c(-c3ccccc3)ccnc12. The summed E-state index contributed by atoms with van der Waals surface area (Å²) in [6.07, 6.45) is 1.70. The van der Waals surface area contributed by atoms with E-state index in [1.807, 2.05) is 66.7 Å². The van der Waals surface area contributed by atoms with Crippen LogP contribution in [-0.2, 0) is 0 Å². The molecule has 0 aliphatic rings. The highest BCUT2D eigenvalue weighted by atomic mass is 15.3. The molecule has 0 saturated heterocycles. The molecule has 0 unspecified atom stereocenters. The summed E-state index contributed by atoms with van der Waals surface area (Å²) < 4.78 is 1.71. The number of rotatable bonds is 3. The van der Waals surface area contributed by atoms with Crippen molar-refractivity contribution in [1.29, 1.82) is 5.26 Å². The summed E-state index contributed by atoms with van der Waals surface area (Å²) in [7, 11) is 0. The van der Waals surface area contributed by atoms with E-state index in [-0.39, 0.29) is 0 Å². The first-order valence-corrected chi connectivity index (χ1v) is 7.52. The van der Waals surface area contributed by atoms with E-state index in [0.29, 0.717) is 17.0 Å². The minimum Gasteiger partial charge on any atom is -0.338 e. The van der Waals surface area contributed by atoms with Gasteiger partial charge in [0.05, 0.1) is 5.69 Å². The number of nitrogens with one attached hydrogen (secondary N) is 1. The van der Waals surface area contributed by atoms with Crippen molar-refractivity contribution in [2.75, 3.05) is 5.32 Å². The lowest BCUT2D eigenvalue weighted by Crippen LogP contribution is -1.96. The maximum atomic E-state index is 9.56. The molecule has 5 heteroatoms. The Morgan fingerprint density at radius 2 is 1.62 bits per heavy atom. The van der Waals surface area contributed by atoms with Crippen LogP contribution in [0.1, 0.15) is 5.56 Å². The van der Waals surface area contributed by atoms with Crippen molar-refractivity contribution in [2.45, 2.75) is 0 Å². The van der Waals surface area contributed by atoms with Gasteiger partial charge < -0.3 is 5.32 Å². The van der Waals surface area contributed by atoms with Crippen LogP contribution in [0.5, 0.6) is 0 Å². The van der Waals surface area contributed by atoms with Gasteiger partial charge >= 0.3 is 0 Å². The van der Waals surface area contributed by atoms with Gasteiger partial charge in [0.2, 0.25) is 0 Å². The molecule has 0 fully saturated rings. The molecule has 4 rings (SSSR count). The van der Waals surface area contributed by atoms with E-state index in [9.17, 15) is 5.26 Å². The number of nitriles is 1. The van der Waals surface area contributed by atoms with Crippen molar-refractivity contribution >= 4 is 17.2 Å². The second-order valence-corrected chi connectivity index (χ2v) is 5.26. The van der Waals surface area contributed by atoms with Crippen LogP contribution < -0.4 is 5.32 Å². The highest BCUT2D eigenvalue weighted by molar-refractivity contribution is 5.74. The van der Waals surface area contributed by atoms with Crippen LogP contribution in [0.3, 0.4) is 0 Å². The van der Waals surface area contributed by atoms with Gasteiger partial charge in [-0.2, -0.15) is 5.26 Å². The molecule has 0 bridgehead atoms. The number of nitrogens with zero attached hydrogens (tertiary/aromatic N) is 4. The van der Waals surface area contributed by atoms with E-state index >= 15 is 0 Å². The van der Waals surface area contributed by atoms with Crippen molar-refractivity contribution in [3.8, 4) is 17.3 Å². The molecule has 2 heterocycles. The number of aromatic nitrogens is 3. The van der Waals surface area contributed by atoms with E-state index in [0.717, 1.165) is 16.9 Å². The third kappa shape index (κ3) is 2.36. The normalized spacial score (nSPS) is 10.5. The van der Waals surface area contributed by atoms with Crippen LogP contribution in [0.15, 0.2) is 72.9 Å². The Hall–Kier alpha value is -3.65. The Labute approximate surface area is 138 Å². The Balaban J connectivity index is 1.89. The van der Waals surface area contributed by atoms with E-state index in [4.69, 9.17) is 0 Å². The molecule has 0 radical (unpaired) electrons. The molecule has 2 aromatic heterocycles. The molecule has 0 saturated carbocycles. The molecule has 114 valence electrons. The van der Waals surface area contributed by atoms with Crippen LogP contribution in [-0.4, -0.2) is 14.6 Å². The van der Waals surface area contributed by atoms with Gasteiger partial charge in [0.1, 0.15) is 11.6 Å². The van der Waals surface area contributed by atoms with Crippen LogP contribution in [0.25, 0.3) is 16.9 Å². The zero-order chi connectivity index (χ0) is 16.4. The fourth-order valence-corrected chi connectivity index (χ4v) is 2.62. The zero-order valence-corrected chi connectivity index (χ0v) is 12.7. The molecule has 0 amide bonds. The Morgan fingerprint density at radius 1 is 0.917 bits per heavy atom. The molecule has 0 aliphatic carbocycles. The molecule has 4 aromatic rings. The first-order chi connectivity index (χ1) is 11.9. The number of hydrogen-bond donors (Lipinski definition) is 1. The van der Waals surface area contributed by atoms with Crippen LogP contribution in [0.4, 0.5) is 11.5 Å². The lowest BCUT2D eigenvalue weighted by Gasteiger charge is -2.04. The Morgan fingerprint density at radius 3 is 2.33 bits per heavy atom. The van der Waals surface area contributed by atoms with Gasteiger partial charge in [-0.1, -0.05) is 48.5 Å². The van der Waals surface area contributed by atoms with Gasteiger partial charge in [-0.25, -0.2) is 9.50 Å². The molecule has 0 aliphatic heterocycles. The van der Waals surface area contributed by atoms with E-state index in [1.54, 1.807) is 10.7 Å². The summed E-state index contributed by atoms with van der Waals surface area (Å²) in [5, 5.41) is 17.3. The molecule has 5 nitrogen and oxygen atoms in total. The molecule has 0 atom stereocenters. The quantitative estimate of drug-likeness (QED) is 0.621. The minimum absolute atomic E-state index is 0.427. The summed E-state index contributed by atoms with van der Waals surface area (Å²) in [5.74, 6) is 0.500. The summed E-state index contributed by atoms with van der Waals surface area (Å²) in [5.41, 5.74) is 3.74. The Bertz CT molecular complexity index is 1030. The molecule has 1 N–H and O–H groups in total. The lowest BCUT2D eigenvalue weighted by atomic mass is 10.1. The van der Waals surface area contributed by atoms with Gasteiger partial charge in [-0.3, -0.25) is 0 Å². The van der Waals surface area contributed by atoms with Crippen LogP contribution >= 0.6 is 0 Å². The summed E-state index contributed by atoms with van der Waals surface area (Å²) in [4.78, 5) is 4.34. The fraction of sp³-hybridized carbons (Fsp3) is 0. The van der Waals surface area contributed by atoms with Crippen molar-refractivity contribution < 1.29 is 0 Å². The zero-order valence-electron chi connectivity index (χ0n) is 12.7. The monoisotopic (exact) mass is 311 g/mol. The van der Waals surface area contributed by atoms with Crippen LogP contribution in [0.2, 0.25) is 0 Å². The number of benzene rings is 2. The molecular formula is C19H13N5. The fourth-order valence-electron chi connectivity index (χ4n) is 2.62. The molecule has 24 heavy (non-hydrogen) atoms. The topological polar surface area (TPSA) is 66.0 Å². The largest absolute Gasteiger partial charge is 0.338 e. The average Bonchev–Trinajstić information content (AvgIpc) is 3.00. The van der Waals surface area contributed by atoms with Crippen molar-refractivity contribution in [3.63, 3.8) is 0 Å². The lowest BCUT2D eigenvalue weighted by molar-refractivity contribution is 0.951. The molecule has 0 spiro atoms. The summed E-state index contributed by atoms with van der Waals surface area (Å²) in [6.45, 7) is 0. The maximum Gasteiger partial charge on any atom is 0.175 e. The first-order valence-electron chi connectivity index (χ1n) is 7.52. The van der Waals surface area contributed by atoms with Gasteiger partial charge in [-0.15, -0.1) is 5.10 Å². The van der Waals surface area contributed by atoms with Gasteiger partial charge in [0.25, 0.3) is 0 Å². The predicted molar refractivity (Wildman–Crippen MR) is 92.9 cm³/mol. The van der Waals surface area contributed by atoms with E-state index in [1.165, 1.54) is 0 Å². The third-order valence-electron chi connectivity index (χ3n) is 3.74. The van der Waals surface area contributed by atoms with Gasteiger partial charge in [0, 0.05) is 17.4 Å². The first kappa shape index (κ1) is 14.0. The Kier molecular flexibility index (Phi) is 3.41. The highest BCUT2D eigenvalue weighted by Gasteiger charge is 2.16. The number of fused-ring (bicyclic) bond motifs is 1. The predicted octanol–water partition coefficient (Wildman–Crippen LogP) is 4.01. The summed E-state index contributed by atoms with van der Waals surface area (Å²) in [6, 6.07) is 23.7. The molecular weight excluding hydrogens is 298 g/mol. The summed E-state index contributed by atoms with van der Waals surface area (Å²) >= 11 is 0. The highest BCUT2D eigenvalue weighted by Crippen LogP contribution is 2.26. The second-order valence-electron chi connectivity index (χ2n) is 5.26. The number of anilines is 2. The smallest absolute Gasteiger partial charge is 0.175 e. The standard InChI is InChI=1S/C19H13N5/c20-13-16-18(22-15-9-5-2-6-10-15)23-24-17(11-12-21-19(16)24)14-7-3-1-4-8-14/h1-12H,(H,22,23).